The molecule has 2 N–H and O–H groups in total. The summed E-state index contributed by atoms with van der Waals surface area (Å²) in [5.41, 5.74) is 0. The topological polar surface area (TPSA) is 62.2 Å². The summed E-state index contributed by atoms with van der Waals surface area (Å²) in [6.07, 6.45) is -1.52. The molecule has 0 amide bonds. The second-order valence-corrected chi connectivity index (χ2v) is 3.09. The second kappa shape index (κ2) is 1.77. The zero-order valence-electron chi connectivity index (χ0n) is 6.15. The van der Waals surface area contributed by atoms with Gasteiger partial charge in [0.2, 0.25) is 5.79 Å². The van der Waals surface area contributed by atoms with Gasteiger partial charge in [-0.25, -0.2) is 0 Å². The molecule has 11 heavy (non-hydrogen) atoms. The molecule has 2 aliphatic heterocycles. The first-order chi connectivity index (χ1) is 5.02. The van der Waals surface area contributed by atoms with E-state index in [1.165, 1.54) is 6.92 Å². The van der Waals surface area contributed by atoms with Gasteiger partial charge >= 0.3 is 0 Å². The van der Waals surface area contributed by atoms with Crippen molar-refractivity contribution < 1.29 is 19.7 Å². The van der Waals surface area contributed by atoms with Crippen molar-refractivity contribution in [3.8, 4) is 0 Å². The first-order valence-electron chi connectivity index (χ1n) is 3.46. The molecule has 0 aromatic heterocycles. The van der Waals surface area contributed by atoms with Crippen LogP contribution in [0.1, 0.15) is 6.92 Å². The summed E-state index contributed by atoms with van der Waals surface area (Å²) < 4.78 is 9.93. The number of rotatable bonds is 0. The number of aliphatic hydroxyl groups excluding tert-OH is 1. The van der Waals surface area contributed by atoms with E-state index in [0.29, 0.717) is 5.76 Å². The zero-order chi connectivity index (χ0) is 8.22. The standard InChI is InChI=1S/C7H10O4/c1-3-4-5(10-4)6(8)7(2,9)11-3/h4-6,8-9H,1H2,2H3/t4-,5-,6-,7?/m1/s1. The highest BCUT2D eigenvalue weighted by atomic mass is 16.7. The van der Waals surface area contributed by atoms with Crippen LogP contribution in [0.2, 0.25) is 0 Å². The van der Waals surface area contributed by atoms with Crippen LogP contribution in [-0.4, -0.2) is 34.3 Å². The van der Waals surface area contributed by atoms with E-state index in [0.717, 1.165) is 0 Å². The Morgan fingerprint density at radius 2 is 2.27 bits per heavy atom. The molecule has 0 saturated carbocycles. The van der Waals surface area contributed by atoms with Gasteiger partial charge in [-0.15, -0.1) is 0 Å². The molecule has 0 aromatic rings. The maximum absolute atomic E-state index is 9.40. The van der Waals surface area contributed by atoms with Crippen LogP contribution in [0.4, 0.5) is 0 Å². The van der Waals surface area contributed by atoms with Crippen LogP contribution in [0.15, 0.2) is 12.3 Å². The number of aliphatic hydroxyl groups is 2. The molecule has 4 atom stereocenters. The van der Waals surface area contributed by atoms with Crippen molar-refractivity contribution in [3.63, 3.8) is 0 Å². The molecular formula is C7H10O4. The van der Waals surface area contributed by atoms with Crippen LogP contribution in [-0.2, 0) is 9.47 Å². The average molecular weight is 158 g/mol. The van der Waals surface area contributed by atoms with Crippen molar-refractivity contribution in [2.45, 2.75) is 31.0 Å². The third-order valence-corrected chi connectivity index (χ3v) is 2.04. The SMILES string of the molecule is C=C1OC(C)(O)[C@H](O)[C@@H]2O[C@H]12. The van der Waals surface area contributed by atoms with Crippen molar-refractivity contribution in [1.82, 2.24) is 0 Å². The van der Waals surface area contributed by atoms with E-state index in [1.807, 2.05) is 0 Å². The summed E-state index contributed by atoms with van der Waals surface area (Å²) in [6, 6.07) is 0. The zero-order valence-corrected chi connectivity index (χ0v) is 6.15. The van der Waals surface area contributed by atoms with E-state index < -0.39 is 11.9 Å². The fourth-order valence-electron chi connectivity index (χ4n) is 1.31. The van der Waals surface area contributed by atoms with Gasteiger partial charge < -0.3 is 19.7 Å². The predicted octanol–water partition coefficient (Wildman–Crippen LogP) is -0.633. The third-order valence-electron chi connectivity index (χ3n) is 2.04. The van der Waals surface area contributed by atoms with Crippen molar-refractivity contribution in [2.75, 3.05) is 0 Å². The third kappa shape index (κ3) is 0.870. The Kier molecular flexibility index (Phi) is 1.14. The number of epoxide rings is 1. The summed E-state index contributed by atoms with van der Waals surface area (Å²) >= 11 is 0. The van der Waals surface area contributed by atoms with Gasteiger partial charge in [-0.3, -0.25) is 0 Å². The van der Waals surface area contributed by atoms with Gasteiger partial charge in [-0.2, -0.15) is 0 Å². The van der Waals surface area contributed by atoms with Gasteiger partial charge in [0.05, 0.1) is 0 Å². The minimum absolute atomic E-state index is 0.217. The minimum Gasteiger partial charge on any atom is -0.462 e. The first kappa shape index (κ1) is 7.09. The lowest BCUT2D eigenvalue weighted by molar-refractivity contribution is -0.234. The lowest BCUT2D eigenvalue weighted by Gasteiger charge is -2.32. The molecule has 0 radical (unpaired) electrons. The largest absolute Gasteiger partial charge is 0.462 e. The summed E-state index contributed by atoms with van der Waals surface area (Å²) in [5, 5.41) is 18.7. The van der Waals surface area contributed by atoms with Gasteiger partial charge in [-0.05, 0) is 0 Å². The summed E-state index contributed by atoms with van der Waals surface area (Å²) in [7, 11) is 0. The Morgan fingerprint density at radius 3 is 2.91 bits per heavy atom. The fourth-order valence-corrected chi connectivity index (χ4v) is 1.31. The quantitative estimate of drug-likeness (QED) is 0.461. The summed E-state index contributed by atoms with van der Waals surface area (Å²) in [4.78, 5) is 0. The molecule has 0 spiro atoms. The van der Waals surface area contributed by atoms with Crippen LogP contribution in [0.5, 0.6) is 0 Å². The minimum atomic E-state index is -1.55. The molecule has 2 fully saturated rings. The van der Waals surface area contributed by atoms with E-state index in [2.05, 4.69) is 6.58 Å². The summed E-state index contributed by atoms with van der Waals surface area (Å²) in [5.74, 6) is -1.15. The Balaban J connectivity index is 2.21. The van der Waals surface area contributed by atoms with E-state index in [9.17, 15) is 10.2 Å². The van der Waals surface area contributed by atoms with Crippen molar-refractivity contribution in [3.05, 3.63) is 12.3 Å². The maximum atomic E-state index is 9.40. The van der Waals surface area contributed by atoms with Gasteiger partial charge in [0.25, 0.3) is 0 Å². The van der Waals surface area contributed by atoms with E-state index in [4.69, 9.17) is 9.47 Å². The smallest absolute Gasteiger partial charge is 0.233 e. The molecule has 2 saturated heterocycles. The Hall–Kier alpha value is -0.580. The van der Waals surface area contributed by atoms with Crippen molar-refractivity contribution in [1.29, 1.82) is 0 Å². The van der Waals surface area contributed by atoms with Crippen molar-refractivity contribution >= 4 is 0 Å². The molecule has 2 heterocycles. The highest BCUT2D eigenvalue weighted by molar-refractivity contribution is 5.15. The summed E-state index contributed by atoms with van der Waals surface area (Å²) in [6.45, 7) is 4.94. The number of hydrogen-bond donors (Lipinski definition) is 2. The van der Waals surface area contributed by atoms with E-state index >= 15 is 0 Å². The van der Waals surface area contributed by atoms with Gasteiger partial charge in [0.15, 0.2) is 0 Å². The van der Waals surface area contributed by atoms with Crippen LogP contribution >= 0.6 is 0 Å². The highest BCUT2D eigenvalue weighted by Crippen LogP contribution is 2.42. The lowest BCUT2D eigenvalue weighted by atomic mass is 10.0. The monoisotopic (exact) mass is 158 g/mol. The second-order valence-electron chi connectivity index (χ2n) is 3.09. The molecule has 4 nitrogen and oxygen atoms in total. The van der Waals surface area contributed by atoms with E-state index in [1.54, 1.807) is 0 Å². The molecule has 0 aliphatic carbocycles. The van der Waals surface area contributed by atoms with Crippen LogP contribution < -0.4 is 0 Å². The maximum Gasteiger partial charge on any atom is 0.233 e. The normalized spacial score (nSPS) is 54.8. The van der Waals surface area contributed by atoms with Gasteiger partial charge in [-0.1, -0.05) is 6.58 Å². The number of hydrogen-bond acceptors (Lipinski definition) is 4. The predicted molar refractivity (Wildman–Crippen MR) is 35.5 cm³/mol. The number of ether oxygens (including phenoxy) is 2. The molecule has 62 valence electrons. The van der Waals surface area contributed by atoms with Crippen LogP contribution in [0.3, 0.4) is 0 Å². The Bertz CT molecular complexity index is 210. The number of fused-ring (bicyclic) bond motifs is 1. The lowest BCUT2D eigenvalue weighted by Crippen LogP contribution is -2.49. The average Bonchev–Trinajstić information content (AvgIpc) is 2.60. The first-order valence-corrected chi connectivity index (χ1v) is 3.46. The van der Waals surface area contributed by atoms with E-state index in [-0.39, 0.29) is 12.2 Å². The molecule has 2 aliphatic rings. The molecule has 4 heteroatoms. The van der Waals surface area contributed by atoms with Crippen molar-refractivity contribution in [2.24, 2.45) is 0 Å². The van der Waals surface area contributed by atoms with Gasteiger partial charge in [0.1, 0.15) is 24.1 Å². The fraction of sp³-hybridized carbons (Fsp3) is 0.714. The molecular weight excluding hydrogens is 148 g/mol. The van der Waals surface area contributed by atoms with Gasteiger partial charge in [0, 0.05) is 6.92 Å². The van der Waals surface area contributed by atoms with Crippen LogP contribution in [0.25, 0.3) is 0 Å². The van der Waals surface area contributed by atoms with Crippen LogP contribution in [0, 0.1) is 0 Å². The molecule has 1 unspecified atom stereocenters. The molecule has 0 aromatic carbocycles. The molecule has 2 rings (SSSR count). The highest BCUT2D eigenvalue weighted by Gasteiger charge is 2.59. The Morgan fingerprint density at radius 1 is 1.64 bits per heavy atom. The Labute approximate surface area is 64.0 Å². The molecule has 0 bridgehead atoms.